The van der Waals surface area contributed by atoms with E-state index in [1.54, 1.807) is 12.1 Å². The summed E-state index contributed by atoms with van der Waals surface area (Å²) in [6, 6.07) is 3.48. The normalized spacial score (nSPS) is 19.6. The number of nitrogens with zero attached hydrogens (tertiary/aromatic N) is 2. The van der Waals surface area contributed by atoms with E-state index in [1.807, 2.05) is 0 Å². The highest BCUT2D eigenvalue weighted by Gasteiger charge is 2.21. The molecule has 0 aromatic carbocycles. The van der Waals surface area contributed by atoms with Crippen molar-refractivity contribution < 1.29 is 17.4 Å². The van der Waals surface area contributed by atoms with Gasteiger partial charge in [-0.1, -0.05) is 18.0 Å². The van der Waals surface area contributed by atoms with E-state index in [0.717, 1.165) is 32.1 Å². The summed E-state index contributed by atoms with van der Waals surface area (Å²) in [6.07, 6.45) is 5.60. The van der Waals surface area contributed by atoms with E-state index in [2.05, 4.69) is 20.2 Å². The third kappa shape index (κ3) is 4.40. The highest BCUT2D eigenvalue weighted by atomic mass is 32.2. The number of furan rings is 1. The third-order valence-corrected chi connectivity index (χ3v) is 4.36. The van der Waals surface area contributed by atoms with E-state index in [-0.39, 0.29) is 12.6 Å². The molecule has 1 saturated heterocycles. The van der Waals surface area contributed by atoms with Crippen LogP contribution in [0.15, 0.2) is 21.1 Å². The van der Waals surface area contributed by atoms with Crippen molar-refractivity contribution in [3.05, 3.63) is 23.7 Å². The minimum absolute atomic E-state index is 0.0873. The van der Waals surface area contributed by atoms with Crippen molar-refractivity contribution >= 4 is 10.0 Å². The summed E-state index contributed by atoms with van der Waals surface area (Å²) >= 11 is 0. The van der Waals surface area contributed by atoms with Gasteiger partial charge in [-0.15, -0.1) is 0 Å². The first kappa shape index (κ1) is 16.2. The highest BCUT2D eigenvalue weighted by Crippen LogP contribution is 2.25. The first-order valence-electron chi connectivity index (χ1n) is 7.62. The van der Waals surface area contributed by atoms with Gasteiger partial charge >= 0.3 is 0 Å². The summed E-state index contributed by atoms with van der Waals surface area (Å²) in [4.78, 5) is 4.40. The van der Waals surface area contributed by atoms with E-state index in [0.29, 0.717) is 23.2 Å². The zero-order chi connectivity index (χ0) is 16.3. The predicted octanol–water partition coefficient (Wildman–Crippen LogP) is 1.58. The van der Waals surface area contributed by atoms with Gasteiger partial charge in [0.1, 0.15) is 5.76 Å². The Morgan fingerprint density at radius 2 is 2.22 bits per heavy atom. The Bertz CT molecular complexity index is 744. The maximum Gasteiger partial charge on any atom is 0.293 e. The van der Waals surface area contributed by atoms with Crippen LogP contribution in [-0.4, -0.2) is 31.4 Å². The van der Waals surface area contributed by atoms with Crippen LogP contribution in [0, 0.1) is 0 Å². The first-order valence-corrected chi connectivity index (χ1v) is 9.51. The Kier molecular flexibility index (Phi) is 4.79. The van der Waals surface area contributed by atoms with E-state index < -0.39 is 10.0 Å². The lowest BCUT2D eigenvalue weighted by Crippen LogP contribution is -2.21. The molecule has 0 saturated carbocycles. The molecule has 0 spiro atoms. The smallest absolute Gasteiger partial charge is 0.293 e. The molecule has 23 heavy (non-hydrogen) atoms. The molecular weight excluding hydrogens is 320 g/mol. The standard InChI is InChI=1S/C14H20N4O4S/c1-23(19,20)16-9-10-6-7-12(21-10)14-17-13(18-22-14)11-5-3-2-4-8-15-11/h6-7,11,15-16H,2-5,8-9H2,1H3. The molecule has 1 aliphatic rings. The minimum atomic E-state index is -3.26. The Morgan fingerprint density at radius 1 is 1.35 bits per heavy atom. The topological polar surface area (TPSA) is 110 Å². The van der Waals surface area contributed by atoms with Crippen molar-refractivity contribution in [3.8, 4) is 11.7 Å². The van der Waals surface area contributed by atoms with Crippen molar-refractivity contribution in [1.29, 1.82) is 0 Å². The highest BCUT2D eigenvalue weighted by molar-refractivity contribution is 7.88. The number of hydrogen-bond acceptors (Lipinski definition) is 7. The summed E-state index contributed by atoms with van der Waals surface area (Å²) < 4.78 is 35.4. The van der Waals surface area contributed by atoms with Crippen LogP contribution in [0.3, 0.4) is 0 Å². The van der Waals surface area contributed by atoms with Gasteiger partial charge < -0.3 is 14.3 Å². The lowest BCUT2D eigenvalue weighted by molar-refractivity contribution is 0.390. The van der Waals surface area contributed by atoms with Crippen LogP contribution in [0.4, 0.5) is 0 Å². The zero-order valence-corrected chi connectivity index (χ0v) is 13.7. The summed E-state index contributed by atoms with van der Waals surface area (Å²) in [5.74, 6) is 1.85. The van der Waals surface area contributed by atoms with E-state index in [1.165, 1.54) is 6.42 Å². The molecular formula is C14H20N4O4S. The van der Waals surface area contributed by atoms with Gasteiger partial charge in [-0.2, -0.15) is 4.98 Å². The van der Waals surface area contributed by atoms with Gasteiger partial charge in [-0.25, -0.2) is 13.1 Å². The van der Waals surface area contributed by atoms with Gasteiger partial charge in [0.2, 0.25) is 10.0 Å². The fourth-order valence-electron chi connectivity index (χ4n) is 2.52. The van der Waals surface area contributed by atoms with Crippen molar-refractivity contribution in [3.63, 3.8) is 0 Å². The largest absolute Gasteiger partial charge is 0.455 e. The average molecular weight is 340 g/mol. The van der Waals surface area contributed by atoms with Crippen molar-refractivity contribution in [2.24, 2.45) is 0 Å². The summed E-state index contributed by atoms with van der Waals surface area (Å²) in [5.41, 5.74) is 0. The number of sulfonamides is 1. The van der Waals surface area contributed by atoms with Gasteiger partial charge in [0.05, 0.1) is 18.8 Å². The minimum Gasteiger partial charge on any atom is -0.455 e. The van der Waals surface area contributed by atoms with Crippen LogP contribution in [0.2, 0.25) is 0 Å². The van der Waals surface area contributed by atoms with Crippen LogP contribution >= 0.6 is 0 Å². The quantitative estimate of drug-likeness (QED) is 0.850. The molecule has 0 radical (unpaired) electrons. The zero-order valence-electron chi connectivity index (χ0n) is 12.9. The van der Waals surface area contributed by atoms with Crippen LogP contribution in [0.25, 0.3) is 11.7 Å². The maximum atomic E-state index is 11.1. The number of hydrogen-bond donors (Lipinski definition) is 2. The van der Waals surface area contributed by atoms with Crippen molar-refractivity contribution in [2.45, 2.75) is 38.3 Å². The molecule has 0 aliphatic carbocycles. The van der Waals surface area contributed by atoms with Crippen LogP contribution in [0.5, 0.6) is 0 Å². The lowest BCUT2D eigenvalue weighted by Gasteiger charge is -2.09. The Morgan fingerprint density at radius 3 is 3.04 bits per heavy atom. The predicted molar refractivity (Wildman–Crippen MR) is 82.9 cm³/mol. The summed E-state index contributed by atoms with van der Waals surface area (Å²) in [7, 11) is -3.26. The molecule has 2 N–H and O–H groups in total. The number of aromatic nitrogens is 2. The van der Waals surface area contributed by atoms with Crippen LogP contribution < -0.4 is 10.0 Å². The van der Waals surface area contributed by atoms with Gasteiger partial charge in [0, 0.05) is 0 Å². The molecule has 0 bridgehead atoms. The molecule has 2 aromatic heterocycles. The molecule has 1 fully saturated rings. The van der Waals surface area contributed by atoms with E-state index >= 15 is 0 Å². The molecule has 126 valence electrons. The average Bonchev–Trinajstić information content (AvgIpc) is 3.08. The van der Waals surface area contributed by atoms with Crippen molar-refractivity contribution in [2.75, 3.05) is 12.8 Å². The molecule has 3 heterocycles. The monoisotopic (exact) mass is 340 g/mol. The molecule has 0 amide bonds. The van der Waals surface area contributed by atoms with Gasteiger partial charge in [0.25, 0.3) is 5.89 Å². The first-order chi connectivity index (χ1) is 11.0. The Balaban J connectivity index is 1.69. The summed E-state index contributed by atoms with van der Waals surface area (Å²) in [5, 5.41) is 7.44. The SMILES string of the molecule is CS(=O)(=O)NCc1ccc(-c2nc(C3CCCCCN3)no2)o1. The number of nitrogens with one attached hydrogen (secondary N) is 2. The Hall–Kier alpha value is -1.71. The number of rotatable bonds is 5. The molecule has 3 rings (SSSR count). The van der Waals surface area contributed by atoms with Crippen LogP contribution in [0.1, 0.15) is 43.3 Å². The van der Waals surface area contributed by atoms with E-state index in [9.17, 15) is 8.42 Å². The molecule has 9 heteroatoms. The van der Waals surface area contributed by atoms with Gasteiger partial charge in [0.15, 0.2) is 11.6 Å². The molecule has 8 nitrogen and oxygen atoms in total. The Labute approximate surface area is 134 Å². The fourth-order valence-corrected chi connectivity index (χ4v) is 2.92. The second-order valence-corrected chi connectivity index (χ2v) is 7.51. The summed E-state index contributed by atoms with van der Waals surface area (Å²) in [6.45, 7) is 1.04. The molecule has 2 aromatic rings. The maximum absolute atomic E-state index is 11.1. The third-order valence-electron chi connectivity index (χ3n) is 3.69. The fraction of sp³-hybridized carbons (Fsp3) is 0.571. The molecule has 1 aliphatic heterocycles. The van der Waals surface area contributed by atoms with E-state index in [4.69, 9.17) is 8.94 Å². The van der Waals surface area contributed by atoms with Crippen molar-refractivity contribution in [1.82, 2.24) is 20.2 Å². The van der Waals surface area contributed by atoms with Gasteiger partial charge in [-0.05, 0) is 31.5 Å². The second-order valence-electron chi connectivity index (χ2n) is 5.67. The second kappa shape index (κ2) is 6.81. The molecule has 1 atom stereocenters. The molecule has 1 unspecified atom stereocenters. The lowest BCUT2D eigenvalue weighted by atomic mass is 10.1. The van der Waals surface area contributed by atoms with Crippen LogP contribution in [-0.2, 0) is 16.6 Å². The van der Waals surface area contributed by atoms with Gasteiger partial charge in [-0.3, -0.25) is 0 Å².